The first-order valence-electron chi connectivity index (χ1n) is 17.3. The molecule has 0 N–H and O–H groups in total. The van der Waals surface area contributed by atoms with Crippen molar-refractivity contribution in [1.29, 1.82) is 0 Å². The number of rotatable bonds is 3. The van der Waals surface area contributed by atoms with Crippen LogP contribution in [0.5, 0.6) is 23.0 Å². The SMILES string of the molecule is c1ccc(-c2cccc3c2-c2ccccc2Oc2ccccc2-c2cccc(-c4ccc5c6ccccc6n(-c6ccccc6)c5c4)c2O3)cc1. The third-order valence-electron chi connectivity index (χ3n) is 9.89. The van der Waals surface area contributed by atoms with E-state index in [1.54, 1.807) is 0 Å². The van der Waals surface area contributed by atoms with Crippen LogP contribution in [0.4, 0.5) is 0 Å². The summed E-state index contributed by atoms with van der Waals surface area (Å²) >= 11 is 0. The number of fused-ring (bicyclic) bond motifs is 9. The monoisotopic (exact) mass is 653 g/mol. The zero-order valence-corrected chi connectivity index (χ0v) is 27.7. The van der Waals surface area contributed by atoms with Crippen molar-refractivity contribution in [3.63, 3.8) is 0 Å². The van der Waals surface area contributed by atoms with Crippen molar-refractivity contribution >= 4 is 21.8 Å². The van der Waals surface area contributed by atoms with Crippen molar-refractivity contribution in [2.45, 2.75) is 0 Å². The molecule has 3 heteroatoms. The first-order valence-corrected chi connectivity index (χ1v) is 17.3. The Hall–Kier alpha value is -6.84. The van der Waals surface area contributed by atoms with Crippen LogP contribution in [0.15, 0.2) is 188 Å². The Balaban J connectivity index is 1.26. The maximum absolute atomic E-state index is 7.30. The van der Waals surface area contributed by atoms with Gasteiger partial charge in [0.2, 0.25) is 0 Å². The fourth-order valence-electron chi connectivity index (χ4n) is 7.60. The number of hydrogen-bond donors (Lipinski definition) is 0. The summed E-state index contributed by atoms with van der Waals surface area (Å²) in [6, 6.07) is 65.7. The number of benzene rings is 8. The van der Waals surface area contributed by atoms with Gasteiger partial charge in [-0.1, -0.05) is 146 Å². The molecule has 51 heavy (non-hydrogen) atoms. The standard InChI is InChI=1S/C48H31NO2/c1-3-15-32(16-4-1)35-22-14-28-46-47(35)41-21-9-12-27-45(41)50-44-26-11-8-20-39(44)40-24-13-23-36(48(40)51-46)33-29-30-38-37-19-7-10-25-42(37)49(43(38)31-33)34-17-5-2-6-18-34/h1-31H. The Morgan fingerprint density at radius 2 is 0.922 bits per heavy atom. The van der Waals surface area contributed by atoms with Gasteiger partial charge in [-0.25, -0.2) is 0 Å². The van der Waals surface area contributed by atoms with Crippen molar-refractivity contribution in [3.8, 4) is 73.2 Å². The molecule has 0 aliphatic carbocycles. The molecule has 1 aliphatic rings. The molecular weight excluding hydrogens is 623 g/mol. The van der Waals surface area contributed by atoms with Gasteiger partial charge in [0.15, 0.2) is 0 Å². The Kier molecular flexibility index (Phi) is 6.81. The molecule has 0 saturated heterocycles. The van der Waals surface area contributed by atoms with Gasteiger partial charge in [0.25, 0.3) is 0 Å². The van der Waals surface area contributed by atoms with E-state index in [-0.39, 0.29) is 0 Å². The van der Waals surface area contributed by atoms with E-state index in [9.17, 15) is 0 Å². The second-order valence-electron chi connectivity index (χ2n) is 12.8. The number of para-hydroxylation sites is 5. The lowest BCUT2D eigenvalue weighted by Crippen LogP contribution is -2.00. The highest BCUT2D eigenvalue weighted by Crippen LogP contribution is 2.52. The fourth-order valence-corrected chi connectivity index (χ4v) is 7.60. The molecule has 0 fully saturated rings. The highest BCUT2D eigenvalue weighted by molar-refractivity contribution is 6.10. The van der Waals surface area contributed by atoms with E-state index in [0.29, 0.717) is 0 Å². The minimum absolute atomic E-state index is 0.764. The highest BCUT2D eigenvalue weighted by Gasteiger charge is 2.25. The maximum Gasteiger partial charge on any atom is 0.143 e. The van der Waals surface area contributed by atoms with E-state index < -0.39 is 0 Å². The van der Waals surface area contributed by atoms with Gasteiger partial charge in [0, 0.05) is 44.3 Å². The second-order valence-corrected chi connectivity index (χ2v) is 12.8. The first kappa shape index (κ1) is 29.1. The molecule has 0 saturated carbocycles. The zero-order valence-electron chi connectivity index (χ0n) is 27.7. The van der Waals surface area contributed by atoms with Crippen molar-refractivity contribution < 1.29 is 9.47 Å². The number of aromatic nitrogens is 1. The summed E-state index contributed by atoms with van der Waals surface area (Å²) in [4.78, 5) is 0. The molecule has 3 nitrogen and oxygen atoms in total. The Morgan fingerprint density at radius 1 is 0.333 bits per heavy atom. The molecule has 10 rings (SSSR count). The van der Waals surface area contributed by atoms with Crippen molar-refractivity contribution in [2.75, 3.05) is 0 Å². The number of ether oxygens (including phenoxy) is 2. The van der Waals surface area contributed by atoms with E-state index in [1.165, 1.54) is 16.3 Å². The molecule has 0 atom stereocenters. The molecule has 1 aliphatic heterocycles. The van der Waals surface area contributed by atoms with Gasteiger partial charge in [-0.2, -0.15) is 0 Å². The van der Waals surface area contributed by atoms with Gasteiger partial charge >= 0.3 is 0 Å². The van der Waals surface area contributed by atoms with Gasteiger partial charge in [-0.3, -0.25) is 0 Å². The van der Waals surface area contributed by atoms with Crippen LogP contribution < -0.4 is 9.47 Å². The molecule has 1 aromatic heterocycles. The normalized spacial score (nSPS) is 11.8. The molecule has 0 bridgehead atoms. The van der Waals surface area contributed by atoms with Crippen LogP contribution in [0, 0.1) is 0 Å². The van der Waals surface area contributed by atoms with E-state index >= 15 is 0 Å². The number of hydrogen-bond acceptors (Lipinski definition) is 2. The van der Waals surface area contributed by atoms with E-state index in [4.69, 9.17) is 9.47 Å². The van der Waals surface area contributed by atoms with E-state index in [1.807, 2.05) is 30.3 Å². The van der Waals surface area contributed by atoms with E-state index in [2.05, 4.69) is 162 Å². The molecule has 8 aromatic carbocycles. The van der Waals surface area contributed by atoms with Crippen molar-refractivity contribution in [2.24, 2.45) is 0 Å². The zero-order chi connectivity index (χ0) is 33.7. The van der Waals surface area contributed by atoms with E-state index in [0.717, 1.165) is 78.7 Å². The van der Waals surface area contributed by atoms with Crippen molar-refractivity contribution in [3.05, 3.63) is 188 Å². The molecule has 0 radical (unpaired) electrons. The fraction of sp³-hybridized carbons (Fsp3) is 0. The predicted octanol–water partition coefficient (Wildman–Crippen LogP) is 13.3. The summed E-state index contributed by atoms with van der Waals surface area (Å²) in [5, 5.41) is 2.43. The summed E-state index contributed by atoms with van der Waals surface area (Å²) in [6.45, 7) is 0. The summed E-state index contributed by atoms with van der Waals surface area (Å²) in [6.07, 6.45) is 0. The third-order valence-corrected chi connectivity index (χ3v) is 9.89. The lowest BCUT2D eigenvalue weighted by atomic mass is 9.92. The van der Waals surface area contributed by atoms with Crippen molar-refractivity contribution in [1.82, 2.24) is 4.57 Å². The van der Waals surface area contributed by atoms with Gasteiger partial charge in [0.1, 0.15) is 23.0 Å². The number of nitrogens with zero attached hydrogens (tertiary/aromatic N) is 1. The van der Waals surface area contributed by atoms with Crippen LogP contribution >= 0.6 is 0 Å². The van der Waals surface area contributed by atoms with Gasteiger partial charge < -0.3 is 14.0 Å². The molecule has 0 spiro atoms. The van der Waals surface area contributed by atoms with Gasteiger partial charge in [-0.15, -0.1) is 0 Å². The van der Waals surface area contributed by atoms with Crippen LogP contribution in [0.2, 0.25) is 0 Å². The quantitative estimate of drug-likeness (QED) is 0.189. The summed E-state index contributed by atoms with van der Waals surface area (Å²) < 4.78 is 16.5. The summed E-state index contributed by atoms with van der Waals surface area (Å²) in [7, 11) is 0. The predicted molar refractivity (Wildman–Crippen MR) is 209 cm³/mol. The Labute approximate surface area is 296 Å². The Bertz CT molecular complexity index is 2740. The smallest absolute Gasteiger partial charge is 0.143 e. The molecule has 0 unspecified atom stereocenters. The third kappa shape index (κ3) is 4.82. The van der Waals surface area contributed by atoms with Crippen LogP contribution in [-0.4, -0.2) is 4.57 Å². The topological polar surface area (TPSA) is 23.4 Å². The highest BCUT2D eigenvalue weighted by atomic mass is 16.5. The molecule has 2 heterocycles. The minimum atomic E-state index is 0.764. The minimum Gasteiger partial charge on any atom is -0.456 e. The molecule has 9 aromatic rings. The summed E-state index contributed by atoms with van der Waals surface area (Å²) in [5.74, 6) is 3.09. The maximum atomic E-state index is 7.30. The Morgan fingerprint density at radius 3 is 1.76 bits per heavy atom. The molecule has 240 valence electrons. The van der Waals surface area contributed by atoms with Gasteiger partial charge in [0.05, 0.1) is 11.0 Å². The average molecular weight is 654 g/mol. The first-order chi connectivity index (χ1) is 25.3. The average Bonchev–Trinajstić information content (AvgIpc) is 3.53. The van der Waals surface area contributed by atoms with Crippen LogP contribution in [0.25, 0.3) is 72.0 Å². The largest absolute Gasteiger partial charge is 0.456 e. The van der Waals surface area contributed by atoms with Crippen LogP contribution in [-0.2, 0) is 0 Å². The molecular formula is C48H31NO2. The molecule has 0 amide bonds. The lowest BCUT2D eigenvalue weighted by Gasteiger charge is -2.24. The van der Waals surface area contributed by atoms with Crippen LogP contribution in [0.3, 0.4) is 0 Å². The van der Waals surface area contributed by atoms with Gasteiger partial charge in [-0.05, 0) is 59.2 Å². The van der Waals surface area contributed by atoms with Crippen LogP contribution in [0.1, 0.15) is 0 Å². The lowest BCUT2D eigenvalue weighted by molar-refractivity contribution is 0.473. The second kappa shape index (κ2) is 11.9. The summed E-state index contributed by atoms with van der Waals surface area (Å²) in [5.41, 5.74) is 11.6.